The highest BCUT2D eigenvalue weighted by Crippen LogP contribution is 2.20. The average Bonchev–Trinajstić information content (AvgIpc) is 3.65. The molecular formula is C84H163NO5. The molecule has 2 atom stereocenters. The number of nitrogens with one attached hydrogen (secondary N) is 1. The first-order valence-electron chi connectivity index (χ1n) is 41.6. The van der Waals surface area contributed by atoms with E-state index in [2.05, 4.69) is 43.5 Å². The van der Waals surface area contributed by atoms with E-state index in [9.17, 15) is 19.8 Å². The zero-order valence-electron chi connectivity index (χ0n) is 61.4. The van der Waals surface area contributed by atoms with Crippen LogP contribution in [-0.4, -0.2) is 47.4 Å². The van der Waals surface area contributed by atoms with Gasteiger partial charge in [-0.15, -0.1) is 0 Å². The Morgan fingerprint density at radius 3 is 0.789 bits per heavy atom. The van der Waals surface area contributed by atoms with Gasteiger partial charge in [-0.05, 0) is 77.0 Å². The second-order valence-corrected chi connectivity index (χ2v) is 28.8. The Morgan fingerprint density at radius 2 is 0.522 bits per heavy atom. The number of amides is 1. The lowest BCUT2D eigenvalue weighted by molar-refractivity contribution is -0.143. The van der Waals surface area contributed by atoms with Gasteiger partial charge in [-0.1, -0.05) is 411 Å². The van der Waals surface area contributed by atoms with Gasteiger partial charge in [0.1, 0.15) is 0 Å². The van der Waals surface area contributed by atoms with Gasteiger partial charge in [0.15, 0.2) is 0 Å². The second-order valence-electron chi connectivity index (χ2n) is 28.8. The van der Waals surface area contributed by atoms with Gasteiger partial charge in [0.05, 0.1) is 25.4 Å². The van der Waals surface area contributed by atoms with Gasteiger partial charge in [0, 0.05) is 12.8 Å². The molecule has 0 radical (unpaired) electrons. The number of carbonyl (C=O) groups excluding carboxylic acids is 2. The maximum absolute atomic E-state index is 12.6. The van der Waals surface area contributed by atoms with Crippen molar-refractivity contribution in [2.24, 2.45) is 0 Å². The molecule has 0 aromatic heterocycles. The SMILES string of the molecule is CCCCCCCC/C=C\CCCCCCCCCCCC(=O)OCCCCCCCCCCCCCC/C=C\CCCCCCCCCCCCCCCCCCCC(=O)NC(CO)C(O)CCCCCCCCCCCCCCCCCCCCCCC. The molecule has 6 nitrogen and oxygen atoms in total. The number of esters is 1. The first kappa shape index (κ1) is 88.3. The van der Waals surface area contributed by atoms with Gasteiger partial charge in [-0.25, -0.2) is 0 Å². The first-order valence-corrected chi connectivity index (χ1v) is 41.6. The summed E-state index contributed by atoms with van der Waals surface area (Å²) in [6.45, 7) is 5.01. The first-order chi connectivity index (χ1) is 44.5. The molecule has 2 unspecified atom stereocenters. The third kappa shape index (κ3) is 75.4. The summed E-state index contributed by atoms with van der Waals surface area (Å²) in [6, 6.07) is -0.540. The van der Waals surface area contributed by atoms with Crippen molar-refractivity contribution in [2.45, 2.75) is 488 Å². The van der Waals surface area contributed by atoms with Crippen LogP contribution in [0.4, 0.5) is 0 Å². The monoisotopic (exact) mass is 1270 g/mol. The number of allylic oxidation sites excluding steroid dienone is 4. The minimum Gasteiger partial charge on any atom is -0.466 e. The van der Waals surface area contributed by atoms with Crippen LogP contribution in [0.25, 0.3) is 0 Å². The zero-order valence-corrected chi connectivity index (χ0v) is 61.4. The Labute approximate surface area is 564 Å². The van der Waals surface area contributed by atoms with Gasteiger partial charge < -0.3 is 20.3 Å². The summed E-state index contributed by atoms with van der Waals surface area (Å²) in [5, 5.41) is 23.5. The smallest absolute Gasteiger partial charge is 0.305 e. The molecule has 0 aliphatic rings. The number of hydrogen-bond acceptors (Lipinski definition) is 5. The van der Waals surface area contributed by atoms with Crippen molar-refractivity contribution < 1.29 is 24.5 Å². The second kappa shape index (κ2) is 79.8. The minimum atomic E-state index is -0.663. The number of unbranched alkanes of at least 4 members (excludes halogenated alkanes) is 64. The van der Waals surface area contributed by atoms with E-state index in [0.29, 0.717) is 25.9 Å². The molecule has 0 fully saturated rings. The fourth-order valence-corrected chi connectivity index (χ4v) is 13.4. The molecule has 534 valence electrons. The lowest BCUT2D eigenvalue weighted by Gasteiger charge is -2.22. The number of ether oxygens (including phenoxy) is 1. The van der Waals surface area contributed by atoms with Crippen molar-refractivity contribution in [1.82, 2.24) is 5.32 Å². The molecular weight excluding hydrogens is 1100 g/mol. The predicted molar refractivity (Wildman–Crippen MR) is 398 cm³/mol. The summed E-state index contributed by atoms with van der Waals surface area (Å²) in [5.74, 6) is -0.00684. The molecule has 0 aromatic rings. The van der Waals surface area contributed by atoms with Crippen LogP contribution in [0.15, 0.2) is 24.3 Å². The molecule has 1 amide bonds. The standard InChI is InChI=1S/C84H163NO5/c1-3-5-7-9-11-13-15-17-19-21-23-37-41-44-48-52-56-60-64-68-72-76-82(87)81(80-86)85-83(88)77-73-69-65-61-57-53-49-45-42-38-35-33-31-29-27-25-24-26-28-30-32-34-36-39-43-47-51-55-59-63-67-71-75-79-90-84(89)78-74-70-66-62-58-54-50-46-40-22-20-18-16-14-12-10-8-6-4-2/h18,20,28,30,81-82,86-87H,3-17,19,21-27,29,31-80H2,1-2H3,(H,85,88)/b20-18-,30-28-. The summed E-state index contributed by atoms with van der Waals surface area (Å²) in [4.78, 5) is 24.7. The molecule has 0 aliphatic heterocycles. The number of aliphatic hydroxyl groups excluding tert-OH is 2. The Balaban J connectivity index is 3.34. The van der Waals surface area contributed by atoms with Crippen LogP contribution in [0.3, 0.4) is 0 Å². The number of rotatable bonds is 79. The lowest BCUT2D eigenvalue weighted by Crippen LogP contribution is -2.45. The van der Waals surface area contributed by atoms with E-state index in [1.807, 2.05) is 0 Å². The lowest BCUT2D eigenvalue weighted by atomic mass is 10.0. The number of carbonyl (C=O) groups is 2. The topological polar surface area (TPSA) is 95.9 Å². The van der Waals surface area contributed by atoms with Crippen LogP contribution in [0.1, 0.15) is 476 Å². The van der Waals surface area contributed by atoms with E-state index in [-0.39, 0.29) is 18.5 Å². The molecule has 0 saturated heterocycles. The Kier molecular flexibility index (Phi) is 78.3. The van der Waals surface area contributed by atoms with E-state index in [1.54, 1.807) is 0 Å². The van der Waals surface area contributed by atoms with Crippen molar-refractivity contribution in [3.05, 3.63) is 24.3 Å². The number of aliphatic hydroxyl groups is 2. The Bertz CT molecular complexity index is 1410. The molecule has 6 heteroatoms. The third-order valence-corrected chi connectivity index (χ3v) is 19.7. The summed E-state index contributed by atoms with van der Waals surface area (Å²) in [5.41, 5.74) is 0. The van der Waals surface area contributed by atoms with Crippen LogP contribution in [0.5, 0.6) is 0 Å². The van der Waals surface area contributed by atoms with Gasteiger partial charge in [0.2, 0.25) is 5.91 Å². The van der Waals surface area contributed by atoms with Crippen molar-refractivity contribution in [3.63, 3.8) is 0 Å². The van der Waals surface area contributed by atoms with Crippen LogP contribution >= 0.6 is 0 Å². The molecule has 0 rings (SSSR count). The molecule has 0 aromatic carbocycles. The molecule has 0 bridgehead atoms. The van der Waals surface area contributed by atoms with Gasteiger partial charge in [0.25, 0.3) is 0 Å². The van der Waals surface area contributed by atoms with Crippen LogP contribution < -0.4 is 5.32 Å². The van der Waals surface area contributed by atoms with Gasteiger partial charge in [-0.3, -0.25) is 9.59 Å². The number of hydrogen-bond donors (Lipinski definition) is 3. The molecule has 0 aliphatic carbocycles. The van der Waals surface area contributed by atoms with Crippen LogP contribution in [-0.2, 0) is 14.3 Å². The molecule has 0 saturated carbocycles. The fourth-order valence-electron chi connectivity index (χ4n) is 13.4. The summed E-state index contributed by atoms with van der Waals surface area (Å²) in [6.07, 6.45) is 103. The maximum Gasteiger partial charge on any atom is 0.305 e. The third-order valence-electron chi connectivity index (χ3n) is 19.7. The van der Waals surface area contributed by atoms with E-state index < -0.39 is 12.1 Å². The van der Waals surface area contributed by atoms with Crippen LogP contribution in [0.2, 0.25) is 0 Å². The van der Waals surface area contributed by atoms with Crippen molar-refractivity contribution in [1.29, 1.82) is 0 Å². The summed E-state index contributed by atoms with van der Waals surface area (Å²) < 4.78 is 5.52. The van der Waals surface area contributed by atoms with Crippen LogP contribution in [0, 0.1) is 0 Å². The van der Waals surface area contributed by atoms with E-state index in [1.165, 1.54) is 405 Å². The molecule has 0 heterocycles. The average molecular weight is 1270 g/mol. The maximum atomic E-state index is 12.6. The summed E-state index contributed by atoms with van der Waals surface area (Å²) in [7, 11) is 0. The molecule has 90 heavy (non-hydrogen) atoms. The van der Waals surface area contributed by atoms with E-state index >= 15 is 0 Å². The van der Waals surface area contributed by atoms with Crippen molar-refractivity contribution in [3.8, 4) is 0 Å². The zero-order chi connectivity index (χ0) is 64.9. The van der Waals surface area contributed by atoms with Crippen molar-refractivity contribution >= 4 is 11.9 Å². The fraction of sp³-hybridized carbons (Fsp3) is 0.929. The Morgan fingerprint density at radius 1 is 0.300 bits per heavy atom. The largest absolute Gasteiger partial charge is 0.466 e. The highest BCUT2D eigenvalue weighted by Gasteiger charge is 2.20. The van der Waals surface area contributed by atoms with Crippen molar-refractivity contribution in [2.75, 3.05) is 13.2 Å². The minimum absolute atomic E-state index is 0.0195. The molecule has 0 spiro atoms. The normalized spacial score (nSPS) is 12.5. The van der Waals surface area contributed by atoms with Gasteiger partial charge >= 0.3 is 5.97 Å². The summed E-state index contributed by atoms with van der Waals surface area (Å²) >= 11 is 0. The predicted octanol–water partition coefficient (Wildman–Crippen LogP) is 27.6. The highest BCUT2D eigenvalue weighted by atomic mass is 16.5. The van der Waals surface area contributed by atoms with Gasteiger partial charge in [-0.2, -0.15) is 0 Å². The molecule has 3 N–H and O–H groups in total. The Hall–Kier alpha value is -1.66. The van der Waals surface area contributed by atoms with E-state index in [4.69, 9.17) is 4.74 Å². The highest BCUT2D eigenvalue weighted by molar-refractivity contribution is 5.76. The quantitative estimate of drug-likeness (QED) is 0.0320. The van der Waals surface area contributed by atoms with E-state index in [0.717, 1.165) is 38.5 Å².